The predicted molar refractivity (Wildman–Crippen MR) is 93.9 cm³/mol. The topological polar surface area (TPSA) is 73.5 Å². The van der Waals surface area contributed by atoms with E-state index in [9.17, 15) is 4.79 Å². The summed E-state index contributed by atoms with van der Waals surface area (Å²) in [5.41, 5.74) is 2.20. The number of aromatic nitrogens is 2. The van der Waals surface area contributed by atoms with Crippen molar-refractivity contribution in [2.75, 3.05) is 50.1 Å². The number of H-pyrrole nitrogens is 1. The number of hydrogen-bond donors (Lipinski definition) is 2. The lowest BCUT2D eigenvalue weighted by Crippen LogP contribution is -2.44. The molecule has 128 valence electrons. The number of piperazine rings is 1. The van der Waals surface area contributed by atoms with Gasteiger partial charge in [-0.05, 0) is 26.1 Å². The zero-order valence-electron chi connectivity index (χ0n) is 14.1. The summed E-state index contributed by atoms with van der Waals surface area (Å²) in [5.74, 6) is 0.447. The van der Waals surface area contributed by atoms with Crippen LogP contribution in [-0.2, 0) is 0 Å². The molecule has 0 saturated carbocycles. The molecular weight excluding hydrogens is 306 g/mol. The third kappa shape index (κ3) is 3.68. The zero-order valence-corrected chi connectivity index (χ0v) is 14.1. The quantitative estimate of drug-likeness (QED) is 0.875. The lowest BCUT2D eigenvalue weighted by Gasteiger charge is -2.34. The lowest BCUT2D eigenvalue weighted by molar-refractivity contribution is 0.102. The van der Waals surface area contributed by atoms with E-state index in [1.807, 2.05) is 25.1 Å². The van der Waals surface area contributed by atoms with E-state index in [-0.39, 0.29) is 5.91 Å². The largest absolute Gasteiger partial charge is 0.492 e. The van der Waals surface area contributed by atoms with Crippen molar-refractivity contribution < 1.29 is 9.53 Å². The number of nitrogens with zero attached hydrogens (tertiary/aromatic N) is 3. The number of hydrogen-bond acceptors (Lipinski definition) is 5. The Balaban J connectivity index is 1.78. The molecule has 2 heterocycles. The van der Waals surface area contributed by atoms with Crippen LogP contribution < -0.4 is 15.0 Å². The van der Waals surface area contributed by atoms with Gasteiger partial charge in [-0.2, -0.15) is 0 Å². The van der Waals surface area contributed by atoms with Crippen LogP contribution in [0.15, 0.2) is 30.7 Å². The summed E-state index contributed by atoms with van der Waals surface area (Å²) in [6.07, 6.45) is 2.98. The molecule has 7 nitrogen and oxygen atoms in total. The number of benzene rings is 1. The van der Waals surface area contributed by atoms with Gasteiger partial charge in [0, 0.05) is 37.9 Å². The minimum absolute atomic E-state index is 0.235. The van der Waals surface area contributed by atoms with Gasteiger partial charge in [0.15, 0.2) is 0 Å². The number of aromatic amines is 1. The van der Waals surface area contributed by atoms with Crippen molar-refractivity contribution in [2.45, 2.75) is 6.92 Å². The van der Waals surface area contributed by atoms with Gasteiger partial charge in [-0.1, -0.05) is 0 Å². The summed E-state index contributed by atoms with van der Waals surface area (Å²) in [5, 5.41) is 2.87. The first-order valence-electron chi connectivity index (χ1n) is 8.17. The molecule has 0 unspecified atom stereocenters. The Morgan fingerprint density at radius 3 is 2.79 bits per heavy atom. The molecule has 1 saturated heterocycles. The number of rotatable bonds is 5. The first-order valence-corrected chi connectivity index (χ1v) is 8.17. The summed E-state index contributed by atoms with van der Waals surface area (Å²) >= 11 is 0. The average molecular weight is 329 g/mol. The van der Waals surface area contributed by atoms with E-state index in [0.29, 0.717) is 23.7 Å². The summed E-state index contributed by atoms with van der Waals surface area (Å²) in [4.78, 5) is 23.5. The Labute approximate surface area is 141 Å². The van der Waals surface area contributed by atoms with Crippen LogP contribution in [0.2, 0.25) is 0 Å². The molecule has 24 heavy (non-hydrogen) atoms. The number of carbonyl (C=O) groups excluding carboxylic acids is 1. The fraction of sp³-hybridized carbons (Fsp3) is 0.412. The third-order valence-corrected chi connectivity index (χ3v) is 4.12. The second-order valence-electron chi connectivity index (χ2n) is 5.82. The molecule has 2 N–H and O–H groups in total. The number of amides is 1. The minimum atomic E-state index is -0.235. The zero-order chi connectivity index (χ0) is 16.9. The number of ether oxygens (including phenoxy) is 1. The summed E-state index contributed by atoms with van der Waals surface area (Å²) < 4.78 is 5.73. The van der Waals surface area contributed by atoms with Crippen molar-refractivity contribution in [1.29, 1.82) is 0 Å². The van der Waals surface area contributed by atoms with Crippen LogP contribution in [0.4, 0.5) is 11.4 Å². The van der Waals surface area contributed by atoms with Crippen molar-refractivity contribution in [3.8, 4) is 5.75 Å². The van der Waals surface area contributed by atoms with E-state index in [1.165, 1.54) is 12.5 Å². The first-order chi connectivity index (χ1) is 11.7. The van der Waals surface area contributed by atoms with Crippen molar-refractivity contribution in [2.24, 2.45) is 0 Å². The Bertz CT molecular complexity index is 678. The normalized spacial score (nSPS) is 15.3. The number of likely N-dealkylation sites (N-methyl/N-ethyl adjacent to an activating group) is 1. The molecule has 3 rings (SSSR count). The highest BCUT2D eigenvalue weighted by molar-refractivity contribution is 6.03. The van der Waals surface area contributed by atoms with Gasteiger partial charge in [0.2, 0.25) is 0 Å². The van der Waals surface area contributed by atoms with Crippen LogP contribution in [0.25, 0.3) is 0 Å². The maximum absolute atomic E-state index is 12.2. The van der Waals surface area contributed by atoms with Crippen molar-refractivity contribution in [3.05, 3.63) is 36.4 Å². The van der Waals surface area contributed by atoms with Crippen LogP contribution in [0.5, 0.6) is 5.75 Å². The predicted octanol–water partition coefficient (Wildman–Crippen LogP) is 1.81. The number of imidazole rings is 1. The molecule has 0 aliphatic carbocycles. The molecule has 7 heteroatoms. The van der Waals surface area contributed by atoms with Gasteiger partial charge in [0.1, 0.15) is 11.4 Å². The number of carbonyl (C=O) groups is 1. The van der Waals surface area contributed by atoms with E-state index in [4.69, 9.17) is 4.74 Å². The highest BCUT2D eigenvalue weighted by Gasteiger charge is 2.17. The van der Waals surface area contributed by atoms with E-state index >= 15 is 0 Å². The molecule has 1 aromatic carbocycles. The van der Waals surface area contributed by atoms with Gasteiger partial charge in [-0.25, -0.2) is 4.98 Å². The molecule has 0 spiro atoms. The van der Waals surface area contributed by atoms with Crippen LogP contribution in [0, 0.1) is 0 Å². The molecule has 0 radical (unpaired) electrons. The lowest BCUT2D eigenvalue weighted by atomic mass is 10.2. The fourth-order valence-corrected chi connectivity index (χ4v) is 2.72. The van der Waals surface area contributed by atoms with E-state index < -0.39 is 0 Å². The number of anilines is 2. The molecular formula is C17H23N5O2. The van der Waals surface area contributed by atoms with Crippen LogP contribution in [-0.4, -0.2) is 60.6 Å². The first kappa shape index (κ1) is 16.3. The fourth-order valence-electron chi connectivity index (χ4n) is 2.72. The molecule has 1 aromatic heterocycles. The molecule has 1 amide bonds. The Kier molecular flexibility index (Phi) is 5.00. The maximum Gasteiger partial charge on any atom is 0.273 e. The van der Waals surface area contributed by atoms with Crippen LogP contribution in [0.3, 0.4) is 0 Å². The van der Waals surface area contributed by atoms with Gasteiger partial charge in [0.25, 0.3) is 5.91 Å². The second-order valence-corrected chi connectivity index (χ2v) is 5.82. The van der Waals surface area contributed by atoms with Gasteiger partial charge >= 0.3 is 0 Å². The van der Waals surface area contributed by atoms with Crippen LogP contribution in [0.1, 0.15) is 17.4 Å². The average Bonchev–Trinajstić information content (AvgIpc) is 3.12. The Morgan fingerprint density at radius 1 is 1.33 bits per heavy atom. The smallest absolute Gasteiger partial charge is 0.273 e. The summed E-state index contributed by atoms with van der Waals surface area (Å²) in [7, 11) is 2.14. The number of nitrogens with one attached hydrogen (secondary N) is 2. The summed E-state index contributed by atoms with van der Waals surface area (Å²) in [6.45, 7) is 6.54. The monoisotopic (exact) mass is 329 g/mol. The van der Waals surface area contributed by atoms with Crippen LogP contribution >= 0.6 is 0 Å². The molecule has 0 atom stereocenters. The van der Waals surface area contributed by atoms with E-state index in [1.54, 1.807) is 0 Å². The van der Waals surface area contributed by atoms with E-state index in [0.717, 1.165) is 31.9 Å². The molecule has 1 aliphatic rings. The Morgan fingerprint density at radius 2 is 2.12 bits per heavy atom. The second kappa shape index (κ2) is 7.35. The Hall–Kier alpha value is -2.54. The van der Waals surface area contributed by atoms with Gasteiger partial charge < -0.3 is 24.8 Å². The molecule has 1 fully saturated rings. The molecule has 2 aromatic rings. The van der Waals surface area contributed by atoms with Crippen molar-refractivity contribution >= 4 is 17.3 Å². The van der Waals surface area contributed by atoms with Gasteiger partial charge in [0.05, 0.1) is 24.8 Å². The SMILES string of the molecule is CCOc1cc(N2CCN(C)CC2)ccc1NC(=O)c1cnc[nH]1. The minimum Gasteiger partial charge on any atom is -0.492 e. The molecule has 1 aliphatic heterocycles. The van der Waals surface area contributed by atoms with Crippen molar-refractivity contribution in [3.63, 3.8) is 0 Å². The van der Waals surface area contributed by atoms with Gasteiger partial charge in [-0.15, -0.1) is 0 Å². The van der Waals surface area contributed by atoms with Gasteiger partial charge in [-0.3, -0.25) is 4.79 Å². The highest BCUT2D eigenvalue weighted by atomic mass is 16.5. The highest BCUT2D eigenvalue weighted by Crippen LogP contribution is 2.31. The summed E-state index contributed by atoms with van der Waals surface area (Å²) in [6, 6.07) is 5.92. The third-order valence-electron chi connectivity index (χ3n) is 4.12. The van der Waals surface area contributed by atoms with Crippen molar-refractivity contribution in [1.82, 2.24) is 14.9 Å². The molecule has 0 bridgehead atoms. The maximum atomic E-state index is 12.2. The standard InChI is InChI=1S/C17H23N5O2/c1-3-24-16-10-13(22-8-6-21(2)7-9-22)4-5-14(16)20-17(23)15-11-18-12-19-15/h4-5,10-12H,3,6-9H2,1-2H3,(H,18,19)(H,20,23). The van der Waals surface area contributed by atoms with E-state index in [2.05, 4.69) is 32.1 Å².